The first-order valence-electron chi connectivity index (χ1n) is 8.27. The van der Waals surface area contributed by atoms with Crippen molar-refractivity contribution in [2.24, 2.45) is 7.05 Å². The molecule has 0 amide bonds. The molecular formula is C20H14F3NO3. The van der Waals surface area contributed by atoms with Crippen molar-refractivity contribution in [3.63, 3.8) is 0 Å². The number of halogens is 3. The molecule has 0 spiro atoms. The molecule has 1 aliphatic rings. The maximum Gasteiger partial charge on any atom is 0.416 e. The zero-order chi connectivity index (χ0) is 19.3. The van der Waals surface area contributed by atoms with Gasteiger partial charge in [-0.25, -0.2) is 0 Å². The van der Waals surface area contributed by atoms with Gasteiger partial charge in [-0.1, -0.05) is 24.3 Å². The van der Waals surface area contributed by atoms with Crippen molar-refractivity contribution < 1.29 is 22.7 Å². The highest BCUT2D eigenvalue weighted by Crippen LogP contribution is 2.41. The summed E-state index contributed by atoms with van der Waals surface area (Å²) in [7, 11) is 1.62. The van der Waals surface area contributed by atoms with E-state index in [1.165, 1.54) is 16.7 Å². The van der Waals surface area contributed by atoms with E-state index < -0.39 is 23.6 Å². The molecule has 138 valence electrons. The SMILES string of the molecule is Cn1c(=O)c2c(c3ccccc31)OC(=O)C[C@@H]2c1ccc(C(F)(F)F)cc1. The Morgan fingerprint density at radius 1 is 1.04 bits per heavy atom. The Kier molecular flexibility index (Phi) is 3.83. The number of hydrogen-bond donors (Lipinski definition) is 0. The molecule has 7 heteroatoms. The fourth-order valence-corrected chi connectivity index (χ4v) is 3.52. The number of para-hydroxylation sites is 1. The topological polar surface area (TPSA) is 48.3 Å². The standard InChI is InChI=1S/C20H14F3NO3/c1-24-15-5-3-2-4-13(15)18-17(19(24)26)14(10-16(25)27-18)11-6-8-12(9-7-11)20(21,22)23/h2-9,14H,10H2,1H3/t14-/m1/s1. The van der Waals surface area contributed by atoms with E-state index in [-0.39, 0.29) is 23.3 Å². The van der Waals surface area contributed by atoms with Crippen LogP contribution in [0, 0.1) is 0 Å². The van der Waals surface area contributed by atoms with E-state index >= 15 is 0 Å². The van der Waals surface area contributed by atoms with Gasteiger partial charge < -0.3 is 9.30 Å². The van der Waals surface area contributed by atoms with Crippen LogP contribution in [-0.4, -0.2) is 10.5 Å². The quantitative estimate of drug-likeness (QED) is 0.606. The average molecular weight is 373 g/mol. The zero-order valence-corrected chi connectivity index (χ0v) is 14.2. The number of aromatic nitrogens is 1. The van der Waals surface area contributed by atoms with Gasteiger partial charge in [-0.05, 0) is 29.8 Å². The minimum atomic E-state index is -4.45. The van der Waals surface area contributed by atoms with Crippen molar-refractivity contribution in [1.29, 1.82) is 0 Å². The van der Waals surface area contributed by atoms with Crippen molar-refractivity contribution in [1.82, 2.24) is 4.57 Å². The average Bonchev–Trinajstić information content (AvgIpc) is 2.65. The van der Waals surface area contributed by atoms with Gasteiger partial charge in [-0.2, -0.15) is 13.2 Å². The number of alkyl halides is 3. The molecule has 27 heavy (non-hydrogen) atoms. The Balaban J connectivity index is 1.94. The monoisotopic (exact) mass is 373 g/mol. The van der Waals surface area contributed by atoms with Crippen LogP contribution in [0.25, 0.3) is 10.9 Å². The molecule has 2 aromatic carbocycles. The van der Waals surface area contributed by atoms with E-state index in [1.807, 2.05) is 0 Å². The number of ether oxygens (including phenoxy) is 1. The van der Waals surface area contributed by atoms with Crippen LogP contribution in [0.2, 0.25) is 0 Å². The highest BCUT2D eigenvalue weighted by molar-refractivity contribution is 5.91. The zero-order valence-electron chi connectivity index (χ0n) is 14.2. The second-order valence-corrected chi connectivity index (χ2v) is 6.47. The highest BCUT2D eigenvalue weighted by atomic mass is 19.4. The van der Waals surface area contributed by atoms with Crippen LogP contribution in [0.3, 0.4) is 0 Å². The molecule has 0 saturated heterocycles. The number of fused-ring (bicyclic) bond motifs is 3. The second kappa shape index (κ2) is 5.97. The molecule has 3 aromatic rings. The maximum atomic E-state index is 12.9. The van der Waals surface area contributed by atoms with Crippen molar-refractivity contribution >= 4 is 16.9 Å². The fraction of sp³-hybridized carbons (Fsp3) is 0.200. The highest BCUT2D eigenvalue weighted by Gasteiger charge is 2.35. The van der Waals surface area contributed by atoms with E-state index in [2.05, 4.69) is 0 Å². The summed E-state index contributed by atoms with van der Waals surface area (Å²) < 4.78 is 45.3. The van der Waals surface area contributed by atoms with Crippen molar-refractivity contribution in [2.75, 3.05) is 0 Å². The number of hydrogen-bond acceptors (Lipinski definition) is 3. The lowest BCUT2D eigenvalue weighted by molar-refractivity contribution is -0.138. The van der Waals surface area contributed by atoms with Crippen LogP contribution in [0.15, 0.2) is 53.3 Å². The van der Waals surface area contributed by atoms with Gasteiger partial charge in [0.1, 0.15) is 5.75 Å². The van der Waals surface area contributed by atoms with Gasteiger partial charge in [0.15, 0.2) is 0 Å². The molecule has 0 bridgehead atoms. The number of benzene rings is 2. The first kappa shape index (κ1) is 17.3. The van der Waals surface area contributed by atoms with Crippen molar-refractivity contribution in [3.8, 4) is 5.75 Å². The molecule has 0 fully saturated rings. The normalized spacial score (nSPS) is 16.9. The van der Waals surface area contributed by atoms with Crippen LogP contribution in [0.5, 0.6) is 5.75 Å². The van der Waals surface area contributed by atoms with E-state index in [1.54, 1.807) is 31.3 Å². The van der Waals surface area contributed by atoms with Gasteiger partial charge in [0.2, 0.25) is 0 Å². The summed E-state index contributed by atoms with van der Waals surface area (Å²) in [6.45, 7) is 0. The smallest absolute Gasteiger partial charge is 0.416 e. The van der Waals surface area contributed by atoms with Crippen LogP contribution < -0.4 is 10.3 Å². The molecule has 0 radical (unpaired) electrons. The molecule has 4 rings (SSSR count). The molecule has 1 aromatic heterocycles. The van der Waals surface area contributed by atoms with E-state index in [0.29, 0.717) is 16.5 Å². The first-order chi connectivity index (χ1) is 12.8. The maximum absolute atomic E-state index is 12.9. The Morgan fingerprint density at radius 3 is 2.37 bits per heavy atom. The van der Waals surface area contributed by atoms with Crippen molar-refractivity contribution in [2.45, 2.75) is 18.5 Å². The molecule has 0 unspecified atom stereocenters. The molecule has 4 nitrogen and oxygen atoms in total. The molecule has 0 aliphatic carbocycles. The van der Waals surface area contributed by atoms with E-state index in [4.69, 9.17) is 4.74 Å². The summed E-state index contributed by atoms with van der Waals surface area (Å²) in [4.78, 5) is 25.1. The third-order valence-corrected chi connectivity index (χ3v) is 4.87. The van der Waals surface area contributed by atoms with Gasteiger partial charge in [-0.15, -0.1) is 0 Å². The molecule has 0 saturated carbocycles. The van der Waals surface area contributed by atoms with Crippen LogP contribution in [0.4, 0.5) is 13.2 Å². The minimum Gasteiger partial charge on any atom is -0.425 e. The van der Waals surface area contributed by atoms with Crippen molar-refractivity contribution in [3.05, 3.63) is 75.6 Å². The molecule has 1 aliphatic heterocycles. The van der Waals surface area contributed by atoms with Gasteiger partial charge in [0.05, 0.1) is 23.1 Å². The number of carbonyl (C=O) groups is 1. The lowest BCUT2D eigenvalue weighted by Gasteiger charge is -2.26. The van der Waals surface area contributed by atoms with Gasteiger partial charge in [-0.3, -0.25) is 9.59 Å². The minimum absolute atomic E-state index is 0.105. The second-order valence-electron chi connectivity index (χ2n) is 6.47. The number of rotatable bonds is 1. The number of pyridine rings is 1. The van der Waals surface area contributed by atoms with Gasteiger partial charge >= 0.3 is 12.1 Å². The van der Waals surface area contributed by atoms with Crippen LogP contribution in [-0.2, 0) is 18.0 Å². The lowest BCUT2D eigenvalue weighted by Crippen LogP contribution is -2.31. The fourth-order valence-electron chi connectivity index (χ4n) is 3.52. The number of carbonyl (C=O) groups excluding carboxylic acids is 1. The third-order valence-electron chi connectivity index (χ3n) is 4.87. The largest absolute Gasteiger partial charge is 0.425 e. The Labute approximate surface area is 151 Å². The summed E-state index contributed by atoms with van der Waals surface area (Å²) in [5.41, 5.74) is 0.253. The molecule has 1 atom stereocenters. The predicted octanol–water partition coefficient (Wildman–Crippen LogP) is 4.00. The molecule has 2 heterocycles. The molecule has 0 N–H and O–H groups in total. The Hall–Kier alpha value is -3.09. The predicted molar refractivity (Wildman–Crippen MR) is 92.7 cm³/mol. The first-order valence-corrected chi connectivity index (χ1v) is 8.27. The summed E-state index contributed by atoms with van der Waals surface area (Å²) in [6.07, 6.45) is -4.56. The van der Waals surface area contributed by atoms with Gasteiger partial charge in [0, 0.05) is 18.4 Å². The Morgan fingerprint density at radius 2 is 1.70 bits per heavy atom. The summed E-state index contributed by atoms with van der Waals surface area (Å²) >= 11 is 0. The number of aryl methyl sites for hydroxylation is 1. The summed E-state index contributed by atoms with van der Waals surface area (Å²) in [6, 6.07) is 11.6. The molecular weight excluding hydrogens is 359 g/mol. The number of esters is 1. The lowest BCUT2D eigenvalue weighted by atomic mass is 9.86. The van der Waals surface area contributed by atoms with E-state index in [0.717, 1.165) is 12.1 Å². The van der Waals surface area contributed by atoms with Gasteiger partial charge in [0.25, 0.3) is 5.56 Å². The number of nitrogens with zero attached hydrogens (tertiary/aromatic N) is 1. The summed E-state index contributed by atoms with van der Waals surface area (Å²) in [5.74, 6) is -0.993. The van der Waals surface area contributed by atoms with Crippen LogP contribution >= 0.6 is 0 Å². The third kappa shape index (κ3) is 2.79. The Bertz CT molecular complexity index is 1110. The summed E-state index contributed by atoms with van der Waals surface area (Å²) in [5, 5.41) is 0.611. The van der Waals surface area contributed by atoms with Crippen LogP contribution in [0.1, 0.15) is 29.0 Å². The van der Waals surface area contributed by atoms with E-state index in [9.17, 15) is 22.8 Å².